The number of furan rings is 1. The highest BCUT2D eigenvalue weighted by Gasteiger charge is 2.18. The lowest BCUT2D eigenvalue weighted by Crippen LogP contribution is -2.39. The summed E-state index contributed by atoms with van der Waals surface area (Å²) in [6.07, 6.45) is 3.21. The summed E-state index contributed by atoms with van der Waals surface area (Å²) in [4.78, 5) is 23.4. The number of methoxy groups -OCH3 is 1. The Balaban J connectivity index is 2.01. The molecule has 0 saturated carbocycles. The quantitative estimate of drug-likeness (QED) is 0.554. The van der Waals surface area contributed by atoms with Gasteiger partial charge in [0.15, 0.2) is 0 Å². The molecular formula is C23H22FNO5. The maximum Gasteiger partial charge on any atom is 0.326 e. The predicted molar refractivity (Wildman–Crippen MR) is 112 cm³/mol. The van der Waals surface area contributed by atoms with Crippen molar-refractivity contribution in [2.45, 2.75) is 26.3 Å². The number of benzene rings is 2. The van der Waals surface area contributed by atoms with Crippen LogP contribution >= 0.6 is 0 Å². The first-order chi connectivity index (χ1) is 14.3. The molecule has 30 heavy (non-hydrogen) atoms. The SMILES string of the molecule is CCC(NC(=O)/C=C(\C)c1cc2c(-c3ccc(F)cc3)coc2cc1OC)C(=O)O. The fraction of sp³-hybridized carbons (Fsp3) is 0.217. The average Bonchev–Trinajstić information content (AvgIpc) is 3.14. The van der Waals surface area contributed by atoms with Crippen LogP contribution in [0.4, 0.5) is 4.39 Å². The van der Waals surface area contributed by atoms with Crippen molar-refractivity contribution in [3.8, 4) is 16.9 Å². The lowest BCUT2D eigenvalue weighted by atomic mass is 9.99. The minimum absolute atomic E-state index is 0.277. The summed E-state index contributed by atoms with van der Waals surface area (Å²) in [5.74, 6) is -1.41. The standard InChI is InChI=1S/C23H22FNO5/c1-4-19(23(27)28)25-22(26)9-13(2)16-10-17-18(14-5-7-15(24)8-6-14)12-30-21(17)11-20(16)29-3/h5-12,19H,4H2,1-3H3,(H,25,26)(H,27,28)/b13-9+. The molecule has 0 spiro atoms. The van der Waals surface area contributed by atoms with Crippen molar-refractivity contribution in [3.05, 3.63) is 60.1 Å². The van der Waals surface area contributed by atoms with Gasteiger partial charge in [-0.25, -0.2) is 9.18 Å². The van der Waals surface area contributed by atoms with E-state index in [1.54, 1.807) is 38.3 Å². The molecule has 0 aliphatic carbocycles. The first kappa shape index (κ1) is 21.1. The second kappa shape index (κ2) is 8.82. The van der Waals surface area contributed by atoms with Crippen LogP contribution in [0.25, 0.3) is 27.7 Å². The molecule has 1 aromatic heterocycles. The van der Waals surface area contributed by atoms with Crippen LogP contribution in [0.1, 0.15) is 25.8 Å². The molecule has 1 heterocycles. The van der Waals surface area contributed by atoms with E-state index >= 15 is 0 Å². The van der Waals surface area contributed by atoms with Crippen molar-refractivity contribution in [3.63, 3.8) is 0 Å². The molecule has 0 saturated heterocycles. The van der Waals surface area contributed by atoms with Crippen molar-refractivity contribution in [2.24, 2.45) is 0 Å². The number of hydrogen-bond donors (Lipinski definition) is 2. The lowest BCUT2D eigenvalue weighted by molar-refractivity contribution is -0.141. The number of halogens is 1. The number of allylic oxidation sites excluding steroid dienone is 1. The minimum Gasteiger partial charge on any atom is -0.496 e. The average molecular weight is 411 g/mol. The Morgan fingerprint density at radius 1 is 1.27 bits per heavy atom. The zero-order valence-electron chi connectivity index (χ0n) is 16.9. The first-order valence-electron chi connectivity index (χ1n) is 9.41. The molecule has 0 aliphatic rings. The molecule has 2 aromatic carbocycles. The molecule has 3 aromatic rings. The Morgan fingerprint density at radius 3 is 2.57 bits per heavy atom. The second-order valence-corrected chi connectivity index (χ2v) is 6.84. The molecule has 6 nitrogen and oxygen atoms in total. The third-order valence-electron chi connectivity index (χ3n) is 4.85. The molecule has 0 radical (unpaired) electrons. The molecule has 0 fully saturated rings. The fourth-order valence-corrected chi connectivity index (χ4v) is 3.21. The van der Waals surface area contributed by atoms with Crippen LogP contribution in [0.3, 0.4) is 0 Å². The summed E-state index contributed by atoms with van der Waals surface area (Å²) in [5, 5.41) is 12.4. The molecule has 7 heteroatoms. The van der Waals surface area contributed by atoms with Crippen LogP contribution in [0.15, 0.2) is 53.2 Å². The summed E-state index contributed by atoms with van der Waals surface area (Å²) in [6.45, 7) is 3.42. The highest BCUT2D eigenvalue weighted by Crippen LogP contribution is 2.37. The van der Waals surface area contributed by atoms with Gasteiger partial charge in [0.25, 0.3) is 0 Å². The number of fused-ring (bicyclic) bond motifs is 1. The number of amides is 1. The fourth-order valence-electron chi connectivity index (χ4n) is 3.21. The summed E-state index contributed by atoms with van der Waals surface area (Å²) in [5.41, 5.74) is 3.41. The van der Waals surface area contributed by atoms with Crippen molar-refractivity contribution in [1.82, 2.24) is 5.32 Å². The number of carboxylic acid groups (broad SMARTS) is 1. The number of carboxylic acids is 1. The van der Waals surface area contributed by atoms with Crippen LogP contribution in [0, 0.1) is 5.82 Å². The number of nitrogens with one attached hydrogen (secondary N) is 1. The number of carbonyl (C=O) groups is 2. The second-order valence-electron chi connectivity index (χ2n) is 6.84. The maximum atomic E-state index is 13.3. The van der Waals surface area contributed by atoms with Gasteiger partial charge in [0.05, 0.1) is 13.4 Å². The van der Waals surface area contributed by atoms with E-state index in [2.05, 4.69) is 5.32 Å². The van der Waals surface area contributed by atoms with Gasteiger partial charge in [-0.15, -0.1) is 0 Å². The number of aliphatic carboxylic acids is 1. The van der Waals surface area contributed by atoms with Gasteiger partial charge in [-0.1, -0.05) is 19.1 Å². The van der Waals surface area contributed by atoms with Gasteiger partial charge >= 0.3 is 5.97 Å². The van der Waals surface area contributed by atoms with E-state index in [4.69, 9.17) is 14.3 Å². The Labute approximate surface area is 173 Å². The first-order valence-corrected chi connectivity index (χ1v) is 9.41. The van der Waals surface area contributed by atoms with Gasteiger partial charge in [0.2, 0.25) is 5.91 Å². The molecule has 156 valence electrons. The van der Waals surface area contributed by atoms with Crippen LogP contribution < -0.4 is 10.1 Å². The van der Waals surface area contributed by atoms with E-state index in [9.17, 15) is 14.0 Å². The largest absolute Gasteiger partial charge is 0.496 e. The van der Waals surface area contributed by atoms with E-state index in [-0.39, 0.29) is 12.2 Å². The molecule has 1 atom stereocenters. The Morgan fingerprint density at radius 2 is 1.97 bits per heavy atom. The number of ether oxygens (including phenoxy) is 1. The van der Waals surface area contributed by atoms with Gasteiger partial charge in [-0.2, -0.15) is 0 Å². The predicted octanol–water partition coefficient (Wildman–Crippen LogP) is 4.63. The van der Waals surface area contributed by atoms with Crippen LogP contribution in [-0.2, 0) is 9.59 Å². The summed E-state index contributed by atoms with van der Waals surface area (Å²) in [6, 6.07) is 8.68. The zero-order chi connectivity index (χ0) is 21.8. The highest BCUT2D eigenvalue weighted by atomic mass is 19.1. The lowest BCUT2D eigenvalue weighted by Gasteiger charge is -2.12. The van der Waals surface area contributed by atoms with Crippen LogP contribution in [-0.4, -0.2) is 30.1 Å². The van der Waals surface area contributed by atoms with Crippen molar-refractivity contribution in [1.29, 1.82) is 0 Å². The van der Waals surface area contributed by atoms with Gasteiger partial charge in [0.1, 0.15) is 23.2 Å². The monoisotopic (exact) mass is 411 g/mol. The summed E-state index contributed by atoms with van der Waals surface area (Å²) >= 11 is 0. The van der Waals surface area contributed by atoms with Crippen molar-refractivity contribution >= 4 is 28.4 Å². The maximum absolute atomic E-state index is 13.3. The summed E-state index contributed by atoms with van der Waals surface area (Å²) < 4.78 is 24.4. The summed E-state index contributed by atoms with van der Waals surface area (Å²) in [7, 11) is 1.51. The topological polar surface area (TPSA) is 88.8 Å². The molecule has 0 bridgehead atoms. The van der Waals surface area contributed by atoms with E-state index < -0.39 is 17.9 Å². The van der Waals surface area contributed by atoms with E-state index in [1.165, 1.54) is 25.3 Å². The number of hydrogen-bond acceptors (Lipinski definition) is 4. The zero-order valence-corrected chi connectivity index (χ0v) is 16.9. The smallest absolute Gasteiger partial charge is 0.326 e. The van der Waals surface area contributed by atoms with E-state index in [0.29, 0.717) is 22.5 Å². The van der Waals surface area contributed by atoms with Crippen molar-refractivity contribution in [2.75, 3.05) is 7.11 Å². The normalized spacial score (nSPS) is 12.6. The van der Waals surface area contributed by atoms with Gasteiger partial charge in [-0.3, -0.25) is 4.79 Å². The van der Waals surface area contributed by atoms with Crippen LogP contribution in [0.5, 0.6) is 5.75 Å². The van der Waals surface area contributed by atoms with Gasteiger partial charge in [-0.05, 0) is 42.7 Å². The molecule has 2 N–H and O–H groups in total. The molecule has 1 amide bonds. The molecule has 1 unspecified atom stereocenters. The molecule has 3 rings (SSSR count). The van der Waals surface area contributed by atoms with E-state index in [1.807, 2.05) is 6.07 Å². The highest BCUT2D eigenvalue weighted by molar-refractivity contribution is 6.01. The minimum atomic E-state index is -1.08. The van der Waals surface area contributed by atoms with Gasteiger partial charge in [0, 0.05) is 28.7 Å². The van der Waals surface area contributed by atoms with E-state index in [0.717, 1.165) is 16.5 Å². The third-order valence-corrected chi connectivity index (χ3v) is 4.85. The molecule has 0 aliphatic heterocycles. The van der Waals surface area contributed by atoms with Crippen molar-refractivity contribution < 1.29 is 28.2 Å². The Bertz CT molecular complexity index is 1110. The van der Waals surface area contributed by atoms with Crippen LogP contribution in [0.2, 0.25) is 0 Å². The van der Waals surface area contributed by atoms with Gasteiger partial charge < -0.3 is 19.6 Å². The Hall–Kier alpha value is -3.61. The third kappa shape index (κ3) is 4.35. The number of rotatable bonds is 7. The number of carbonyl (C=O) groups excluding carboxylic acids is 1. The molecular weight excluding hydrogens is 389 g/mol. The Kier molecular flexibility index (Phi) is 6.20.